The van der Waals surface area contributed by atoms with Crippen molar-refractivity contribution < 1.29 is 9.18 Å². The number of nitrogen functional groups attached to an aromatic ring is 1. The van der Waals surface area contributed by atoms with Crippen LogP contribution in [0.2, 0.25) is 0 Å². The molecule has 86 valence electrons. The number of nitrogens with one attached hydrogen (secondary N) is 1. The van der Waals surface area contributed by atoms with E-state index < -0.39 is 5.82 Å². The quantitative estimate of drug-likeness (QED) is 0.755. The number of amides is 1. The van der Waals surface area contributed by atoms with E-state index in [1.54, 1.807) is 0 Å². The third-order valence-corrected chi connectivity index (χ3v) is 3.10. The topological polar surface area (TPSA) is 55.1 Å². The summed E-state index contributed by atoms with van der Waals surface area (Å²) in [4.78, 5) is 11.8. The first kappa shape index (κ1) is 10.9. The lowest BCUT2D eigenvalue weighted by atomic mass is 10.1. The first-order valence-corrected chi connectivity index (χ1v) is 5.26. The van der Waals surface area contributed by atoms with Gasteiger partial charge in [-0.15, -0.1) is 0 Å². The normalized spacial score (nSPS) is 21.6. The molecular formula is C12H15FN2O. The van der Waals surface area contributed by atoms with Gasteiger partial charge in [-0.3, -0.25) is 4.79 Å². The lowest BCUT2D eigenvalue weighted by molar-refractivity contribution is -0.117. The molecule has 0 saturated heterocycles. The van der Waals surface area contributed by atoms with Crippen molar-refractivity contribution in [2.24, 2.45) is 11.3 Å². The Hall–Kier alpha value is -1.58. The highest BCUT2D eigenvalue weighted by Crippen LogP contribution is 2.52. The zero-order valence-corrected chi connectivity index (χ0v) is 9.38. The Morgan fingerprint density at radius 1 is 1.56 bits per heavy atom. The molecule has 4 heteroatoms. The highest BCUT2D eigenvalue weighted by Gasteiger charge is 2.50. The Morgan fingerprint density at radius 2 is 2.19 bits per heavy atom. The van der Waals surface area contributed by atoms with Crippen LogP contribution in [0.4, 0.5) is 15.8 Å². The summed E-state index contributed by atoms with van der Waals surface area (Å²) in [5.74, 6) is -0.475. The average molecular weight is 222 g/mol. The fourth-order valence-corrected chi connectivity index (χ4v) is 1.77. The zero-order valence-electron chi connectivity index (χ0n) is 9.38. The van der Waals surface area contributed by atoms with Gasteiger partial charge in [0, 0.05) is 5.92 Å². The zero-order chi connectivity index (χ0) is 11.9. The number of hydrogen-bond acceptors (Lipinski definition) is 2. The summed E-state index contributed by atoms with van der Waals surface area (Å²) >= 11 is 0. The maximum atomic E-state index is 13.0. The number of rotatable bonds is 2. The molecule has 0 radical (unpaired) electrons. The van der Waals surface area contributed by atoms with E-state index in [2.05, 4.69) is 5.32 Å². The van der Waals surface area contributed by atoms with Crippen LogP contribution in [0, 0.1) is 17.2 Å². The minimum atomic E-state index is -0.403. The Balaban J connectivity index is 2.10. The molecule has 0 heterocycles. The molecule has 1 atom stereocenters. The van der Waals surface area contributed by atoms with Crippen LogP contribution in [0.5, 0.6) is 0 Å². The molecule has 1 amide bonds. The van der Waals surface area contributed by atoms with Crippen LogP contribution in [0.1, 0.15) is 20.3 Å². The second kappa shape index (κ2) is 3.47. The second-order valence-electron chi connectivity index (χ2n) is 4.97. The second-order valence-corrected chi connectivity index (χ2v) is 4.97. The molecule has 16 heavy (non-hydrogen) atoms. The lowest BCUT2D eigenvalue weighted by Gasteiger charge is -2.09. The highest BCUT2D eigenvalue weighted by atomic mass is 19.1. The van der Waals surface area contributed by atoms with Crippen molar-refractivity contribution >= 4 is 17.3 Å². The van der Waals surface area contributed by atoms with Gasteiger partial charge in [-0.2, -0.15) is 0 Å². The number of carbonyl (C=O) groups excluding carboxylic acids is 1. The molecule has 2 rings (SSSR count). The molecule has 0 aromatic heterocycles. The van der Waals surface area contributed by atoms with E-state index in [0.29, 0.717) is 11.4 Å². The third kappa shape index (κ3) is 2.01. The maximum Gasteiger partial charge on any atom is 0.228 e. The molecule has 1 aromatic carbocycles. The van der Waals surface area contributed by atoms with Crippen LogP contribution >= 0.6 is 0 Å². The van der Waals surface area contributed by atoms with Crippen LogP contribution in [-0.2, 0) is 4.79 Å². The van der Waals surface area contributed by atoms with Gasteiger partial charge < -0.3 is 11.1 Å². The number of halogens is 1. The number of benzene rings is 1. The monoisotopic (exact) mass is 222 g/mol. The molecule has 1 unspecified atom stereocenters. The minimum Gasteiger partial charge on any atom is -0.397 e. The van der Waals surface area contributed by atoms with Crippen molar-refractivity contribution in [1.29, 1.82) is 0 Å². The van der Waals surface area contributed by atoms with Crippen LogP contribution < -0.4 is 11.1 Å². The Bertz CT molecular complexity index is 443. The van der Waals surface area contributed by atoms with Crippen molar-refractivity contribution in [3.05, 3.63) is 24.0 Å². The Kier molecular flexibility index (Phi) is 2.37. The van der Waals surface area contributed by atoms with Crippen molar-refractivity contribution in [3.63, 3.8) is 0 Å². The van der Waals surface area contributed by atoms with Gasteiger partial charge in [0.05, 0.1) is 11.4 Å². The molecule has 1 aromatic rings. The number of nitrogens with two attached hydrogens (primary N) is 1. The van der Waals surface area contributed by atoms with E-state index >= 15 is 0 Å². The first-order valence-electron chi connectivity index (χ1n) is 5.26. The maximum absolute atomic E-state index is 13.0. The summed E-state index contributed by atoms with van der Waals surface area (Å²) in [5.41, 5.74) is 6.44. The summed E-state index contributed by atoms with van der Waals surface area (Å²) in [6.07, 6.45) is 0.869. The molecule has 1 fully saturated rings. The SMILES string of the molecule is CC1(C)CC1C(=O)Nc1cc(F)ccc1N. The van der Waals surface area contributed by atoms with E-state index in [1.165, 1.54) is 18.2 Å². The fourth-order valence-electron chi connectivity index (χ4n) is 1.77. The predicted octanol–water partition coefficient (Wildman–Crippen LogP) is 2.39. The smallest absolute Gasteiger partial charge is 0.228 e. The minimum absolute atomic E-state index is 0.00941. The molecule has 0 aliphatic heterocycles. The molecule has 1 aliphatic rings. The van der Waals surface area contributed by atoms with Crippen molar-refractivity contribution in [1.82, 2.24) is 0 Å². The van der Waals surface area contributed by atoms with Gasteiger partial charge in [0.15, 0.2) is 0 Å². The molecule has 3 nitrogen and oxygen atoms in total. The molecular weight excluding hydrogens is 207 g/mol. The van der Waals surface area contributed by atoms with Crippen LogP contribution in [-0.4, -0.2) is 5.91 Å². The van der Waals surface area contributed by atoms with Gasteiger partial charge in [-0.25, -0.2) is 4.39 Å². The number of anilines is 2. The van der Waals surface area contributed by atoms with Crippen molar-refractivity contribution in [3.8, 4) is 0 Å². The standard InChI is InChI=1S/C12H15FN2O/c1-12(2)6-8(12)11(16)15-10-5-7(13)3-4-9(10)14/h3-5,8H,6,14H2,1-2H3,(H,15,16). The molecule has 0 bridgehead atoms. The third-order valence-electron chi connectivity index (χ3n) is 3.10. The summed E-state index contributed by atoms with van der Waals surface area (Å²) in [6.45, 7) is 4.07. The van der Waals surface area contributed by atoms with E-state index in [-0.39, 0.29) is 17.2 Å². The summed E-state index contributed by atoms with van der Waals surface area (Å²) in [5, 5.41) is 2.66. The largest absolute Gasteiger partial charge is 0.397 e. The van der Waals surface area contributed by atoms with Gasteiger partial charge in [0.2, 0.25) is 5.91 Å². The Labute approximate surface area is 93.8 Å². The summed E-state index contributed by atoms with van der Waals surface area (Å²) in [7, 11) is 0. The Morgan fingerprint density at radius 3 is 2.75 bits per heavy atom. The van der Waals surface area contributed by atoms with Crippen LogP contribution in [0.3, 0.4) is 0 Å². The van der Waals surface area contributed by atoms with Gasteiger partial charge in [0.1, 0.15) is 5.82 Å². The summed E-state index contributed by atoms with van der Waals surface area (Å²) in [6, 6.07) is 3.96. The number of carbonyl (C=O) groups is 1. The van der Waals surface area contributed by atoms with E-state index in [9.17, 15) is 9.18 Å². The average Bonchev–Trinajstić information content (AvgIpc) is 2.82. The molecule has 0 spiro atoms. The van der Waals surface area contributed by atoms with Crippen LogP contribution in [0.15, 0.2) is 18.2 Å². The molecule has 1 aliphatic carbocycles. The summed E-state index contributed by atoms with van der Waals surface area (Å²) < 4.78 is 13.0. The van der Waals surface area contributed by atoms with E-state index in [0.717, 1.165) is 6.42 Å². The molecule has 1 saturated carbocycles. The number of hydrogen-bond donors (Lipinski definition) is 2. The van der Waals surface area contributed by atoms with Gasteiger partial charge >= 0.3 is 0 Å². The highest BCUT2D eigenvalue weighted by molar-refractivity contribution is 5.97. The van der Waals surface area contributed by atoms with Crippen LogP contribution in [0.25, 0.3) is 0 Å². The lowest BCUT2D eigenvalue weighted by Crippen LogP contribution is -2.17. The predicted molar refractivity (Wildman–Crippen MR) is 61.3 cm³/mol. The van der Waals surface area contributed by atoms with Crippen molar-refractivity contribution in [2.75, 3.05) is 11.1 Å². The van der Waals surface area contributed by atoms with Gasteiger partial charge in [0.25, 0.3) is 0 Å². The van der Waals surface area contributed by atoms with Gasteiger partial charge in [-0.05, 0) is 30.0 Å². The fraction of sp³-hybridized carbons (Fsp3) is 0.417. The first-order chi connectivity index (χ1) is 7.40. The van der Waals surface area contributed by atoms with E-state index in [1.807, 2.05) is 13.8 Å². The van der Waals surface area contributed by atoms with Crippen molar-refractivity contribution in [2.45, 2.75) is 20.3 Å². The van der Waals surface area contributed by atoms with Gasteiger partial charge in [-0.1, -0.05) is 13.8 Å². The van der Waals surface area contributed by atoms with E-state index in [4.69, 9.17) is 5.73 Å². The molecule has 3 N–H and O–H groups in total.